The molecule has 5 heteroatoms. The van der Waals surface area contributed by atoms with Gasteiger partial charge in [0.05, 0.1) is 18.5 Å². The molecule has 0 radical (unpaired) electrons. The van der Waals surface area contributed by atoms with Crippen molar-refractivity contribution in [2.75, 3.05) is 18.6 Å². The van der Waals surface area contributed by atoms with Gasteiger partial charge < -0.3 is 16.2 Å². The van der Waals surface area contributed by atoms with Crippen molar-refractivity contribution in [2.45, 2.75) is 6.42 Å². The van der Waals surface area contributed by atoms with Gasteiger partial charge in [0.25, 0.3) is 0 Å². The van der Waals surface area contributed by atoms with Crippen LogP contribution in [0.25, 0.3) is 12.2 Å². The van der Waals surface area contributed by atoms with E-state index < -0.39 is 0 Å². The summed E-state index contributed by atoms with van der Waals surface area (Å²) in [5.74, 6) is 1.70. The molecule has 5 nitrogen and oxygen atoms in total. The number of para-hydroxylation sites is 1. The highest BCUT2D eigenvalue weighted by atomic mass is 16.5. The second kappa shape index (κ2) is 11.2. The Bertz CT molecular complexity index is 1100. The van der Waals surface area contributed by atoms with Gasteiger partial charge in [0.2, 0.25) is 0 Å². The molecule has 4 rings (SSSR count). The molecule has 4 aromatic rings. The second-order valence-corrected chi connectivity index (χ2v) is 6.78. The zero-order valence-electron chi connectivity index (χ0n) is 17.5. The lowest BCUT2D eigenvalue weighted by Gasteiger charge is -2.03. The van der Waals surface area contributed by atoms with Gasteiger partial charge in [-0.15, -0.1) is 0 Å². The predicted octanol–water partition coefficient (Wildman–Crippen LogP) is 5.10. The monoisotopic (exact) mass is 410 g/mol. The number of nitrogen functional groups attached to an aromatic ring is 2. The van der Waals surface area contributed by atoms with Crippen LogP contribution in [0.1, 0.15) is 22.5 Å². The van der Waals surface area contributed by atoms with Crippen molar-refractivity contribution in [2.24, 2.45) is 0 Å². The summed E-state index contributed by atoms with van der Waals surface area (Å²) in [4.78, 5) is 8.35. The molecule has 0 unspecified atom stereocenters. The number of rotatable bonds is 5. The van der Waals surface area contributed by atoms with Crippen LogP contribution in [-0.2, 0) is 6.42 Å². The Labute approximate surface area is 183 Å². The molecule has 0 aliphatic carbocycles. The van der Waals surface area contributed by atoms with E-state index in [2.05, 4.69) is 9.97 Å². The van der Waals surface area contributed by atoms with Crippen LogP contribution in [0.5, 0.6) is 5.75 Å². The maximum atomic E-state index is 5.87. The van der Waals surface area contributed by atoms with Gasteiger partial charge in [-0.05, 0) is 41.0 Å². The summed E-state index contributed by atoms with van der Waals surface area (Å²) in [5, 5.41) is 0. The fourth-order valence-electron chi connectivity index (χ4n) is 2.84. The summed E-state index contributed by atoms with van der Waals surface area (Å²) in [7, 11) is 1.66. The Balaban J connectivity index is 0.000000176. The van der Waals surface area contributed by atoms with Crippen LogP contribution in [0.2, 0.25) is 0 Å². The Hall–Kier alpha value is -4.12. The number of nitrogens with two attached hydrogens (primary N) is 2. The average Bonchev–Trinajstić information content (AvgIpc) is 2.82. The van der Waals surface area contributed by atoms with E-state index in [1.54, 1.807) is 25.6 Å². The zero-order valence-corrected chi connectivity index (χ0v) is 17.5. The van der Waals surface area contributed by atoms with Crippen LogP contribution in [-0.4, -0.2) is 17.1 Å². The molecule has 3 aromatic carbocycles. The first-order chi connectivity index (χ1) is 15.2. The van der Waals surface area contributed by atoms with Gasteiger partial charge >= 0.3 is 0 Å². The smallest absolute Gasteiger partial charge is 0.132 e. The van der Waals surface area contributed by atoms with Crippen LogP contribution in [0, 0.1) is 0 Å². The van der Waals surface area contributed by atoms with Gasteiger partial charge in [0, 0.05) is 18.8 Å². The van der Waals surface area contributed by atoms with Gasteiger partial charge in [0.15, 0.2) is 0 Å². The molecule has 0 atom stereocenters. The molecule has 0 aliphatic rings. The molecule has 31 heavy (non-hydrogen) atoms. The molecule has 0 saturated carbocycles. The van der Waals surface area contributed by atoms with E-state index in [9.17, 15) is 0 Å². The average molecular weight is 411 g/mol. The van der Waals surface area contributed by atoms with Crippen molar-refractivity contribution in [1.29, 1.82) is 0 Å². The van der Waals surface area contributed by atoms with Crippen molar-refractivity contribution < 1.29 is 4.74 Å². The van der Waals surface area contributed by atoms with Gasteiger partial charge in [-0.25, -0.2) is 9.97 Å². The van der Waals surface area contributed by atoms with E-state index >= 15 is 0 Å². The van der Waals surface area contributed by atoms with E-state index in [1.807, 2.05) is 84.9 Å². The van der Waals surface area contributed by atoms with Crippen LogP contribution >= 0.6 is 0 Å². The lowest BCUT2D eigenvalue weighted by molar-refractivity contribution is 0.414. The minimum Gasteiger partial charge on any atom is -0.497 e. The van der Waals surface area contributed by atoms with Crippen LogP contribution < -0.4 is 16.2 Å². The largest absolute Gasteiger partial charge is 0.497 e. The number of hydrogen-bond donors (Lipinski definition) is 2. The topological polar surface area (TPSA) is 87.0 Å². The predicted molar refractivity (Wildman–Crippen MR) is 128 cm³/mol. The molecule has 0 fully saturated rings. The maximum Gasteiger partial charge on any atom is 0.132 e. The normalized spacial score (nSPS) is 10.4. The number of anilines is 2. The number of benzene rings is 3. The molecule has 0 aliphatic heterocycles. The maximum absolute atomic E-state index is 5.87. The molecular weight excluding hydrogens is 384 g/mol. The van der Waals surface area contributed by atoms with E-state index in [4.69, 9.17) is 16.2 Å². The Morgan fingerprint density at radius 2 is 1.48 bits per heavy atom. The minimum atomic E-state index is 0.621. The number of aromatic nitrogens is 2. The molecule has 1 aromatic heterocycles. The molecule has 0 saturated heterocycles. The Kier molecular flexibility index (Phi) is 7.77. The van der Waals surface area contributed by atoms with Crippen LogP contribution in [0.15, 0.2) is 91.3 Å². The first-order valence-corrected chi connectivity index (χ1v) is 9.91. The summed E-state index contributed by atoms with van der Waals surface area (Å²) < 4.78 is 5.09. The van der Waals surface area contributed by atoms with Crippen molar-refractivity contribution >= 4 is 23.5 Å². The van der Waals surface area contributed by atoms with Gasteiger partial charge in [-0.1, -0.05) is 66.7 Å². The molecule has 4 N–H and O–H groups in total. The third-order valence-electron chi connectivity index (χ3n) is 4.57. The highest BCUT2D eigenvalue weighted by Gasteiger charge is 1.99. The van der Waals surface area contributed by atoms with Crippen molar-refractivity contribution in [3.05, 3.63) is 114 Å². The number of nitrogens with zero attached hydrogens (tertiary/aromatic N) is 2. The van der Waals surface area contributed by atoms with Crippen molar-refractivity contribution in [1.82, 2.24) is 9.97 Å². The summed E-state index contributed by atoms with van der Waals surface area (Å²) >= 11 is 0. The molecular formula is C26H26N4O. The van der Waals surface area contributed by atoms with Crippen LogP contribution in [0.4, 0.5) is 11.4 Å². The molecule has 0 spiro atoms. The van der Waals surface area contributed by atoms with Gasteiger partial charge in [-0.2, -0.15) is 0 Å². The van der Waals surface area contributed by atoms with Crippen LogP contribution in [0.3, 0.4) is 0 Å². The van der Waals surface area contributed by atoms with E-state index in [0.717, 1.165) is 29.1 Å². The molecule has 0 amide bonds. The highest BCUT2D eigenvalue weighted by molar-refractivity contribution is 5.81. The summed E-state index contributed by atoms with van der Waals surface area (Å²) in [6, 6.07) is 25.5. The number of ether oxygens (including phenoxy) is 1. The lowest BCUT2D eigenvalue weighted by atomic mass is 10.1. The van der Waals surface area contributed by atoms with E-state index in [0.29, 0.717) is 11.4 Å². The fourth-order valence-corrected chi connectivity index (χ4v) is 2.84. The zero-order chi connectivity index (χ0) is 21.9. The van der Waals surface area contributed by atoms with Gasteiger partial charge in [-0.3, -0.25) is 0 Å². The quantitative estimate of drug-likeness (QED) is 0.353. The number of hydrogen-bond acceptors (Lipinski definition) is 5. The summed E-state index contributed by atoms with van der Waals surface area (Å²) in [5.41, 5.74) is 16.1. The molecule has 0 bridgehead atoms. The number of methoxy groups -OCH3 is 1. The standard InChI is InChI=1S/C14H14N2.C12H12N2O/c15-13-8-4-7-12(14(13)16)10-9-11-5-2-1-3-6-11;1-15-11-5-3-10(4-6-11)9-12-13-7-2-8-14-12/h1-10H,15-16H2;2-8H,9H2,1H3. The van der Waals surface area contributed by atoms with Gasteiger partial charge in [0.1, 0.15) is 11.6 Å². The van der Waals surface area contributed by atoms with Crippen molar-refractivity contribution in [3.8, 4) is 5.75 Å². The SMILES string of the molecule is COc1ccc(Cc2ncccn2)cc1.Nc1cccc(C=Cc2ccccc2)c1N. The van der Waals surface area contributed by atoms with E-state index in [1.165, 1.54) is 5.56 Å². The summed E-state index contributed by atoms with van der Waals surface area (Å²) in [6.45, 7) is 0. The second-order valence-electron chi connectivity index (χ2n) is 6.78. The third kappa shape index (κ3) is 6.72. The first kappa shape index (κ1) is 21.6. The molecule has 1 heterocycles. The summed E-state index contributed by atoms with van der Waals surface area (Å²) in [6.07, 6.45) is 8.26. The Morgan fingerprint density at radius 3 is 2.16 bits per heavy atom. The van der Waals surface area contributed by atoms with E-state index in [-0.39, 0.29) is 0 Å². The third-order valence-corrected chi connectivity index (χ3v) is 4.57. The lowest BCUT2D eigenvalue weighted by Crippen LogP contribution is -1.96. The fraction of sp³-hybridized carbons (Fsp3) is 0.0769. The first-order valence-electron chi connectivity index (χ1n) is 9.91. The highest BCUT2D eigenvalue weighted by Crippen LogP contribution is 2.21. The Morgan fingerprint density at radius 1 is 0.774 bits per heavy atom. The minimum absolute atomic E-state index is 0.621. The molecule has 156 valence electrons. The van der Waals surface area contributed by atoms with Crippen molar-refractivity contribution in [3.63, 3.8) is 0 Å².